The van der Waals surface area contributed by atoms with Gasteiger partial charge in [0.2, 0.25) is 11.7 Å². The highest BCUT2D eigenvalue weighted by Crippen LogP contribution is 2.37. The molecule has 1 N–H and O–H groups in total. The second-order valence-corrected chi connectivity index (χ2v) is 5.53. The van der Waals surface area contributed by atoms with E-state index in [1.54, 1.807) is 39.7 Å². The van der Waals surface area contributed by atoms with E-state index in [-0.39, 0.29) is 11.8 Å². The normalized spacial score (nSPS) is 15.4. The van der Waals surface area contributed by atoms with Gasteiger partial charge in [-0.3, -0.25) is 4.79 Å². The molecule has 23 heavy (non-hydrogen) atoms. The van der Waals surface area contributed by atoms with Crippen molar-refractivity contribution in [1.29, 1.82) is 0 Å². The number of ether oxygens (including phenoxy) is 3. The van der Waals surface area contributed by atoms with Gasteiger partial charge in [0, 0.05) is 11.5 Å². The summed E-state index contributed by atoms with van der Waals surface area (Å²) in [4.78, 5) is 12.0. The van der Waals surface area contributed by atoms with Crippen LogP contribution >= 0.6 is 0 Å². The molecule has 0 saturated heterocycles. The van der Waals surface area contributed by atoms with E-state index >= 15 is 0 Å². The van der Waals surface area contributed by atoms with Crippen LogP contribution in [0, 0.1) is 5.92 Å². The van der Waals surface area contributed by atoms with Crippen molar-refractivity contribution >= 4 is 12.1 Å². The van der Waals surface area contributed by atoms with Crippen LogP contribution in [0.2, 0.25) is 0 Å². The average Bonchev–Trinajstić information content (AvgIpc) is 2.61. The van der Waals surface area contributed by atoms with Gasteiger partial charge in [-0.05, 0) is 25.0 Å². The van der Waals surface area contributed by atoms with Gasteiger partial charge in [0.1, 0.15) is 0 Å². The number of nitrogens with zero attached hydrogens (tertiary/aromatic N) is 1. The lowest BCUT2D eigenvalue weighted by Crippen LogP contribution is -2.28. The summed E-state index contributed by atoms with van der Waals surface area (Å²) in [6, 6.07) is 3.55. The van der Waals surface area contributed by atoms with Gasteiger partial charge in [0.15, 0.2) is 11.5 Å². The van der Waals surface area contributed by atoms with Crippen molar-refractivity contribution in [1.82, 2.24) is 5.43 Å². The maximum Gasteiger partial charge on any atom is 0.243 e. The maximum absolute atomic E-state index is 12.0. The van der Waals surface area contributed by atoms with Crippen LogP contribution in [0.3, 0.4) is 0 Å². The molecule has 0 atom stereocenters. The topological polar surface area (TPSA) is 69.2 Å². The molecule has 1 aromatic carbocycles. The van der Waals surface area contributed by atoms with E-state index in [0.717, 1.165) is 31.2 Å². The van der Waals surface area contributed by atoms with E-state index in [2.05, 4.69) is 10.5 Å². The molecule has 0 aliphatic heterocycles. The molecule has 126 valence electrons. The van der Waals surface area contributed by atoms with Crippen LogP contribution in [0.25, 0.3) is 0 Å². The molecule has 0 heterocycles. The average molecular weight is 320 g/mol. The zero-order valence-electron chi connectivity index (χ0n) is 13.9. The molecule has 6 nitrogen and oxygen atoms in total. The molecule has 1 saturated carbocycles. The van der Waals surface area contributed by atoms with E-state index in [0.29, 0.717) is 17.2 Å². The fourth-order valence-corrected chi connectivity index (χ4v) is 2.80. The highest BCUT2D eigenvalue weighted by molar-refractivity contribution is 5.85. The Kier molecular flexibility index (Phi) is 6.26. The Bertz CT molecular complexity index is 541. The minimum absolute atomic E-state index is 0.00612. The Morgan fingerprint density at radius 3 is 2.22 bits per heavy atom. The van der Waals surface area contributed by atoms with Crippen molar-refractivity contribution < 1.29 is 19.0 Å². The molecule has 6 heteroatoms. The second kappa shape index (κ2) is 8.41. The minimum Gasteiger partial charge on any atom is -0.493 e. The molecular formula is C17H24N2O4. The predicted molar refractivity (Wildman–Crippen MR) is 88.4 cm³/mol. The molecule has 0 bridgehead atoms. The summed E-state index contributed by atoms with van der Waals surface area (Å²) in [5.41, 5.74) is 3.38. The first-order chi connectivity index (χ1) is 11.2. The van der Waals surface area contributed by atoms with Crippen LogP contribution in [-0.4, -0.2) is 33.5 Å². The number of rotatable bonds is 6. The Morgan fingerprint density at radius 2 is 1.70 bits per heavy atom. The molecule has 1 amide bonds. The number of nitrogens with one attached hydrogen (secondary N) is 1. The van der Waals surface area contributed by atoms with Gasteiger partial charge in [0.25, 0.3) is 0 Å². The van der Waals surface area contributed by atoms with E-state index in [4.69, 9.17) is 14.2 Å². The van der Waals surface area contributed by atoms with Gasteiger partial charge in [-0.25, -0.2) is 5.43 Å². The van der Waals surface area contributed by atoms with E-state index in [9.17, 15) is 4.79 Å². The van der Waals surface area contributed by atoms with Crippen molar-refractivity contribution in [2.75, 3.05) is 21.3 Å². The highest BCUT2D eigenvalue weighted by atomic mass is 16.5. The Hall–Kier alpha value is -2.24. The van der Waals surface area contributed by atoms with Gasteiger partial charge in [-0.1, -0.05) is 19.3 Å². The van der Waals surface area contributed by atoms with Crippen molar-refractivity contribution in [2.45, 2.75) is 32.1 Å². The van der Waals surface area contributed by atoms with Crippen LogP contribution in [0.4, 0.5) is 0 Å². The number of carbonyl (C=O) groups excluding carboxylic acids is 1. The summed E-state index contributed by atoms with van der Waals surface area (Å²) in [6.07, 6.45) is 6.93. The summed E-state index contributed by atoms with van der Waals surface area (Å²) in [6.45, 7) is 0. The third kappa shape index (κ3) is 4.37. The molecule has 1 aliphatic carbocycles. The number of carbonyl (C=O) groups is 1. The van der Waals surface area contributed by atoms with Crippen molar-refractivity contribution in [3.8, 4) is 17.2 Å². The Labute approximate surface area is 136 Å². The molecular weight excluding hydrogens is 296 g/mol. The van der Waals surface area contributed by atoms with Crippen molar-refractivity contribution in [2.24, 2.45) is 11.0 Å². The molecule has 1 fully saturated rings. The quantitative estimate of drug-likeness (QED) is 0.646. The maximum atomic E-state index is 12.0. The monoisotopic (exact) mass is 320 g/mol. The van der Waals surface area contributed by atoms with Crippen LogP contribution in [-0.2, 0) is 4.79 Å². The SMILES string of the molecule is COc1cc(/C=N\NC(=O)C2CCCCC2)cc(OC)c1OC. The van der Waals surface area contributed by atoms with Crippen LogP contribution < -0.4 is 19.6 Å². The lowest BCUT2D eigenvalue weighted by atomic mass is 9.89. The smallest absolute Gasteiger partial charge is 0.243 e. The number of benzene rings is 1. The van der Waals surface area contributed by atoms with E-state index in [1.165, 1.54) is 6.42 Å². The number of hydrazone groups is 1. The lowest BCUT2D eigenvalue weighted by Gasteiger charge is -2.19. The van der Waals surface area contributed by atoms with Gasteiger partial charge >= 0.3 is 0 Å². The standard InChI is InChI=1S/C17H24N2O4/c1-21-14-9-12(10-15(22-2)16(14)23-3)11-18-19-17(20)13-7-5-4-6-8-13/h9-11,13H,4-8H2,1-3H3,(H,19,20)/b18-11-. The first kappa shape index (κ1) is 17.1. The van der Waals surface area contributed by atoms with E-state index in [1.807, 2.05) is 0 Å². The van der Waals surface area contributed by atoms with Crippen LogP contribution in [0.15, 0.2) is 17.2 Å². The van der Waals surface area contributed by atoms with Crippen molar-refractivity contribution in [3.63, 3.8) is 0 Å². The molecule has 0 radical (unpaired) electrons. The van der Waals surface area contributed by atoms with Crippen LogP contribution in [0.5, 0.6) is 17.2 Å². The summed E-state index contributed by atoms with van der Waals surface area (Å²) < 4.78 is 15.8. The first-order valence-electron chi connectivity index (χ1n) is 7.82. The second-order valence-electron chi connectivity index (χ2n) is 5.53. The zero-order valence-corrected chi connectivity index (χ0v) is 13.9. The van der Waals surface area contributed by atoms with Gasteiger partial charge < -0.3 is 14.2 Å². The zero-order chi connectivity index (χ0) is 16.7. The largest absolute Gasteiger partial charge is 0.493 e. The van der Waals surface area contributed by atoms with Gasteiger partial charge in [-0.2, -0.15) is 5.10 Å². The predicted octanol–water partition coefficient (Wildman–Crippen LogP) is 2.74. The summed E-state index contributed by atoms with van der Waals surface area (Å²) >= 11 is 0. The number of hydrogen-bond donors (Lipinski definition) is 1. The van der Waals surface area contributed by atoms with Gasteiger partial charge in [-0.15, -0.1) is 0 Å². The molecule has 1 aliphatic rings. The third-order valence-electron chi connectivity index (χ3n) is 4.05. The fraction of sp³-hybridized carbons (Fsp3) is 0.529. The van der Waals surface area contributed by atoms with Crippen LogP contribution in [0.1, 0.15) is 37.7 Å². The third-order valence-corrected chi connectivity index (χ3v) is 4.05. The minimum atomic E-state index is -0.00612. The summed E-state index contributed by atoms with van der Waals surface area (Å²) in [7, 11) is 4.67. The molecule has 0 unspecified atom stereocenters. The van der Waals surface area contributed by atoms with Gasteiger partial charge in [0.05, 0.1) is 27.5 Å². The Balaban J connectivity index is 2.05. The highest BCUT2D eigenvalue weighted by Gasteiger charge is 2.20. The van der Waals surface area contributed by atoms with E-state index < -0.39 is 0 Å². The molecule has 1 aromatic rings. The molecule has 0 spiro atoms. The summed E-state index contributed by atoms with van der Waals surface area (Å²) in [5.74, 6) is 1.70. The first-order valence-corrected chi connectivity index (χ1v) is 7.82. The lowest BCUT2D eigenvalue weighted by molar-refractivity contribution is -0.125. The Morgan fingerprint density at radius 1 is 1.09 bits per heavy atom. The number of hydrogen-bond acceptors (Lipinski definition) is 5. The fourth-order valence-electron chi connectivity index (χ4n) is 2.80. The molecule has 2 rings (SSSR count). The number of methoxy groups -OCH3 is 3. The number of amides is 1. The molecule has 0 aromatic heterocycles. The van der Waals surface area contributed by atoms with Crippen molar-refractivity contribution in [3.05, 3.63) is 17.7 Å². The summed E-state index contributed by atoms with van der Waals surface area (Å²) in [5, 5.41) is 4.05.